The van der Waals surface area contributed by atoms with E-state index in [0.29, 0.717) is 15.7 Å². The van der Waals surface area contributed by atoms with Crippen LogP contribution in [0.4, 0.5) is 0 Å². The van der Waals surface area contributed by atoms with Crippen molar-refractivity contribution in [2.45, 2.75) is 11.8 Å². The second kappa shape index (κ2) is 9.66. The summed E-state index contributed by atoms with van der Waals surface area (Å²) in [6.45, 7) is 1.88. The molecule has 30 heavy (non-hydrogen) atoms. The number of halogens is 2. The van der Waals surface area contributed by atoms with E-state index < -0.39 is 10.0 Å². The number of benzene rings is 1. The van der Waals surface area contributed by atoms with Gasteiger partial charge in [-0.25, -0.2) is 9.35 Å². The van der Waals surface area contributed by atoms with E-state index in [9.17, 15) is 8.42 Å². The molecule has 0 atom stereocenters. The van der Waals surface area contributed by atoms with Gasteiger partial charge in [-0.05, 0) is 43.3 Å². The number of nitrogens with zero attached hydrogens (tertiary/aromatic N) is 5. The van der Waals surface area contributed by atoms with Gasteiger partial charge < -0.3 is 0 Å². The first kappa shape index (κ1) is 21.7. The van der Waals surface area contributed by atoms with E-state index in [-0.39, 0.29) is 4.90 Å². The quantitative estimate of drug-likeness (QED) is 0.367. The molecular formula is C19H16Cl2N6O2S. The van der Waals surface area contributed by atoms with Gasteiger partial charge in [-0.3, -0.25) is 4.98 Å². The van der Waals surface area contributed by atoms with Crippen molar-refractivity contribution < 1.29 is 8.42 Å². The van der Waals surface area contributed by atoms with Crippen LogP contribution in [-0.2, 0) is 10.0 Å². The largest absolute Gasteiger partial charge is 0.276 e. The Morgan fingerprint density at radius 1 is 1.07 bits per heavy atom. The number of rotatable bonds is 4. The molecule has 0 aliphatic rings. The van der Waals surface area contributed by atoms with Crippen LogP contribution in [0.15, 0.2) is 77.1 Å². The average molecular weight is 463 g/mol. The van der Waals surface area contributed by atoms with E-state index in [2.05, 4.69) is 25.2 Å². The van der Waals surface area contributed by atoms with Crippen LogP contribution >= 0.6 is 23.2 Å². The van der Waals surface area contributed by atoms with Gasteiger partial charge in [-0.2, -0.15) is 13.5 Å². The van der Waals surface area contributed by atoms with Gasteiger partial charge in [0.2, 0.25) is 0 Å². The summed E-state index contributed by atoms with van der Waals surface area (Å²) in [7, 11) is -3.67. The van der Waals surface area contributed by atoms with Crippen molar-refractivity contribution in [2.24, 2.45) is 5.10 Å². The van der Waals surface area contributed by atoms with E-state index in [1.807, 2.05) is 13.0 Å². The molecule has 0 aliphatic carbocycles. The lowest BCUT2D eigenvalue weighted by molar-refractivity contribution is 0.584. The molecule has 0 aliphatic heterocycles. The van der Waals surface area contributed by atoms with Crippen LogP contribution in [0.25, 0.3) is 5.52 Å². The highest BCUT2D eigenvalue weighted by atomic mass is 35.5. The molecule has 1 aromatic carbocycles. The first-order chi connectivity index (χ1) is 14.3. The van der Waals surface area contributed by atoms with Crippen molar-refractivity contribution in [3.8, 4) is 0 Å². The second-order valence-corrected chi connectivity index (χ2v) is 8.55. The summed E-state index contributed by atoms with van der Waals surface area (Å²) in [5.74, 6) is 0. The maximum Gasteiger partial charge on any atom is 0.276 e. The molecule has 0 amide bonds. The van der Waals surface area contributed by atoms with Gasteiger partial charge >= 0.3 is 0 Å². The summed E-state index contributed by atoms with van der Waals surface area (Å²) < 4.78 is 25.5. The lowest BCUT2D eigenvalue weighted by Crippen LogP contribution is -2.18. The molecule has 0 bridgehead atoms. The summed E-state index contributed by atoms with van der Waals surface area (Å²) in [5, 5.41) is 12.3. The zero-order valence-electron chi connectivity index (χ0n) is 15.6. The van der Waals surface area contributed by atoms with Crippen molar-refractivity contribution >= 4 is 45.0 Å². The van der Waals surface area contributed by atoms with E-state index in [1.54, 1.807) is 47.2 Å². The highest BCUT2D eigenvalue weighted by Gasteiger charge is 2.11. The van der Waals surface area contributed by atoms with Crippen LogP contribution in [0.3, 0.4) is 0 Å². The highest BCUT2D eigenvalue weighted by Crippen LogP contribution is 2.11. The number of hydrazone groups is 1. The molecule has 3 heterocycles. The third kappa shape index (κ3) is 5.99. The fourth-order valence-electron chi connectivity index (χ4n) is 2.23. The van der Waals surface area contributed by atoms with Crippen LogP contribution < -0.4 is 4.83 Å². The van der Waals surface area contributed by atoms with E-state index >= 15 is 0 Å². The van der Waals surface area contributed by atoms with Crippen molar-refractivity contribution in [2.75, 3.05) is 0 Å². The molecule has 0 unspecified atom stereocenters. The summed E-state index contributed by atoms with van der Waals surface area (Å²) in [5.41, 5.74) is 2.35. The minimum Gasteiger partial charge on any atom is -0.255 e. The fraction of sp³-hybridized carbons (Fsp3) is 0.0526. The van der Waals surface area contributed by atoms with Crippen molar-refractivity contribution in [3.05, 3.63) is 88.4 Å². The van der Waals surface area contributed by atoms with Crippen molar-refractivity contribution in [1.29, 1.82) is 0 Å². The minimum atomic E-state index is -3.67. The van der Waals surface area contributed by atoms with E-state index in [0.717, 1.165) is 11.1 Å². The Hall–Kier alpha value is -3.01. The maximum atomic E-state index is 11.9. The molecule has 8 nitrogen and oxygen atoms in total. The zero-order valence-corrected chi connectivity index (χ0v) is 18.0. The lowest BCUT2D eigenvalue weighted by Gasteiger charge is -2.03. The number of fused-ring (bicyclic) bond motifs is 1. The average Bonchev–Trinajstić information content (AvgIpc) is 3.16. The molecule has 154 valence electrons. The number of hydrogen-bond acceptors (Lipinski definition) is 6. The maximum absolute atomic E-state index is 11.9. The lowest BCUT2D eigenvalue weighted by atomic mass is 10.2. The standard InChI is InChI=1S/C13H12ClN3O2S.C6H4ClN3/c1-10-2-4-13(5-3-10)20(18,19)17-16-9-12-8-11(14)6-7-15-12;7-5-1-2-10-6(3-5)4-8-9-10/h2-9,17H,1H3;1-4H/b16-9+;. The molecule has 3 aromatic heterocycles. The second-order valence-electron chi connectivity index (χ2n) is 6.01. The zero-order chi connectivity index (χ0) is 21.6. The van der Waals surface area contributed by atoms with Gasteiger partial charge in [0.1, 0.15) is 0 Å². The van der Waals surface area contributed by atoms with Crippen molar-refractivity contribution in [3.63, 3.8) is 0 Å². The van der Waals surface area contributed by atoms with Gasteiger partial charge in [0, 0.05) is 22.4 Å². The fourth-order valence-corrected chi connectivity index (χ4v) is 3.35. The van der Waals surface area contributed by atoms with Crippen molar-refractivity contribution in [1.82, 2.24) is 24.6 Å². The smallest absolute Gasteiger partial charge is 0.255 e. The predicted octanol–water partition coefficient (Wildman–Crippen LogP) is 3.74. The SMILES string of the molecule is Cc1ccc(S(=O)(=O)N/N=C/c2cc(Cl)ccn2)cc1.Clc1ccn2nncc2c1. The first-order valence-electron chi connectivity index (χ1n) is 8.52. The van der Waals surface area contributed by atoms with Gasteiger partial charge in [-0.15, -0.1) is 5.10 Å². The van der Waals surface area contributed by atoms with Crippen LogP contribution in [0.5, 0.6) is 0 Å². The number of sulfonamides is 1. The first-order valence-corrected chi connectivity index (χ1v) is 10.8. The molecule has 0 saturated carbocycles. The van der Waals surface area contributed by atoms with Gasteiger partial charge in [0.15, 0.2) is 0 Å². The van der Waals surface area contributed by atoms with Crippen LogP contribution in [0, 0.1) is 6.92 Å². The van der Waals surface area contributed by atoms with Gasteiger partial charge in [-0.1, -0.05) is 46.1 Å². The topological polar surface area (TPSA) is 102 Å². The minimum absolute atomic E-state index is 0.152. The third-order valence-corrected chi connectivity index (χ3v) is 5.42. The normalized spacial score (nSPS) is 11.3. The Bertz CT molecular complexity index is 1270. The number of pyridine rings is 2. The number of aryl methyl sites for hydroxylation is 1. The molecule has 4 aromatic rings. The highest BCUT2D eigenvalue weighted by molar-refractivity contribution is 7.89. The molecule has 0 saturated heterocycles. The molecule has 4 rings (SSSR count). The van der Waals surface area contributed by atoms with Crippen LogP contribution in [-0.4, -0.2) is 34.4 Å². The van der Waals surface area contributed by atoms with E-state index in [1.165, 1.54) is 24.5 Å². The molecule has 0 spiro atoms. The molecule has 0 radical (unpaired) electrons. The van der Waals surface area contributed by atoms with Crippen LogP contribution in [0.2, 0.25) is 10.0 Å². The molecule has 0 fully saturated rings. The van der Waals surface area contributed by atoms with E-state index in [4.69, 9.17) is 23.2 Å². The van der Waals surface area contributed by atoms with Crippen LogP contribution in [0.1, 0.15) is 11.3 Å². The number of nitrogens with one attached hydrogen (secondary N) is 1. The summed E-state index contributed by atoms with van der Waals surface area (Å²) in [6.07, 6.45) is 6.23. The number of hydrogen-bond donors (Lipinski definition) is 1. The Morgan fingerprint density at radius 2 is 1.80 bits per heavy atom. The Morgan fingerprint density at radius 3 is 2.53 bits per heavy atom. The van der Waals surface area contributed by atoms with Gasteiger partial charge in [0.25, 0.3) is 10.0 Å². The Labute approximate surface area is 183 Å². The molecule has 11 heteroatoms. The molecular weight excluding hydrogens is 447 g/mol. The molecule has 1 N–H and O–H groups in total. The Balaban J connectivity index is 0.000000212. The predicted molar refractivity (Wildman–Crippen MR) is 116 cm³/mol. The monoisotopic (exact) mass is 462 g/mol. The summed E-state index contributed by atoms with van der Waals surface area (Å²) >= 11 is 11.5. The summed E-state index contributed by atoms with van der Waals surface area (Å²) in [6, 6.07) is 13.2. The number of aromatic nitrogens is 4. The van der Waals surface area contributed by atoms with Gasteiger partial charge in [0.05, 0.1) is 28.5 Å². The third-order valence-electron chi connectivity index (χ3n) is 3.71. The Kier molecular flexibility index (Phi) is 6.99. The summed E-state index contributed by atoms with van der Waals surface area (Å²) in [4.78, 5) is 6.25.